The molecule has 64 valence electrons. The van der Waals surface area contributed by atoms with E-state index in [4.69, 9.17) is 0 Å². The summed E-state index contributed by atoms with van der Waals surface area (Å²) in [5.74, 6) is 5.06. The van der Waals surface area contributed by atoms with Crippen LogP contribution in [0.4, 0.5) is 5.82 Å². The third-order valence-corrected chi connectivity index (χ3v) is 3.06. The van der Waals surface area contributed by atoms with E-state index < -0.39 is 0 Å². The van der Waals surface area contributed by atoms with Gasteiger partial charge in [-0.3, -0.25) is 0 Å². The highest BCUT2D eigenvalue weighted by Gasteiger charge is 2.10. The molecule has 1 aliphatic heterocycles. The lowest BCUT2D eigenvalue weighted by Crippen LogP contribution is -1.92. The molecule has 0 saturated heterocycles. The number of nitrogens with one attached hydrogen (secondary N) is 1. The number of anilines is 1. The van der Waals surface area contributed by atoms with Crippen LogP contribution in [0.25, 0.3) is 0 Å². The summed E-state index contributed by atoms with van der Waals surface area (Å²) in [6.07, 6.45) is 5.15. The van der Waals surface area contributed by atoms with Gasteiger partial charge < -0.3 is 5.32 Å². The SMILES string of the molecule is C=S(C)c1cnc2c(c1)CCN2. The number of aromatic nitrogens is 1. The first-order chi connectivity index (χ1) is 5.77. The van der Waals surface area contributed by atoms with Gasteiger partial charge in [-0.2, -0.15) is 10.5 Å². The normalized spacial score (nSPS) is 16.8. The molecule has 0 amide bonds. The number of hydrogen-bond acceptors (Lipinski definition) is 2. The van der Waals surface area contributed by atoms with Crippen LogP contribution in [0, 0.1) is 0 Å². The number of fused-ring (bicyclic) bond motifs is 1. The van der Waals surface area contributed by atoms with Crippen LogP contribution in [0.5, 0.6) is 0 Å². The highest BCUT2D eigenvalue weighted by atomic mass is 32.2. The molecule has 0 aromatic carbocycles. The van der Waals surface area contributed by atoms with Crippen LogP contribution in [0.15, 0.2) is 17.2 Å². The van der Waals surface area contributed by atoms with E-state index in [1.54, 1.807) is 0 Å². The van der Waals surface area contributed by atoms with Gasteiger partial charge in [0.25, 0.3) is 0 Å². The average molecular weight is 180 g/mol. The molecule has 2 rings (SSSR count). The van der Waals surface area contributed by atoms with Crippen LogP contribution in [-0.2, 0) is 6.42 Å². The third-order valence-electron chi connectivity index (χ3n) is 2.03. The summed E-state index contributed by atoms with van der Waals surface area (Å²) in [6.45, 7) is 1.03. The Morgan fingerprint density at radius 1 is 1.67 bits per heavy atom. The topological polar surface area (TPSA) is 24.9 Å². The van der Waals surface area contributed by atoms with Crippen molar-refractivity contribution in [1.29, 1.82) is 0 Å². The molecule has 0 bridgehead atoms. The van der Waals surface area contributed by atoms with Crippen molar-refractivity contribution in [2.75, 3.05) is 18.1 Å². The minimum absolute atomic E-state index is 0.0884. The second-order valence-electron chi connectivity index (χ2n) is 2.99. The first kappa shape index (κ1) is 7.80. The molecule has 0 spiro atoms. The fourth-order valence-corrected chi connectivity index (χ4v) is 1.92. The summed E-state index contributed by atoms with van der Waals surface area (Å²) in [5, 5.41) is 3.24. The van der Waals surface area contributed by atoms with E-state index in [1.807, 2.05) is 6.20 Å². The Bertz CT molecular complexity index is 333. The first-order valence-corrected chi connectivity index (χ1v) is 5.76. The molecule has 2 heterocycles. The number of pyridine rings is 1. The van der Waals surface area contributed by atoms with Crippen LogP contribution in [0.3, 0.4) is 0 Å². The third kappa shape index (κ3) is 1.25. The second-order valence-corrected chi connectivity index (χ2v) is 4.74. The minimum Gasteiger partial charge on any atom is -0.370 e. The van der Waals surface area contributed by atoms with Gasteiger partial charge in [0.15, 0.2) is 0 Å². The zero-order valence-electron chi connectivity index (χ0n) is 7.13. The van der Waals surface area contributed by atoms with E-state index in [9.17, 15) is 0 Å². The molecular weight excluding hydrogens is 168 g/mol. The molecular formula is C9H12N2S. The molecule has 0 saturated carbocycles. The van der Waals surface area contributed by atoms with Crippen LogP contribution < -0.4 is 5.32 Å². The maximum absolute atomic E-state index is 4.34. The van der Waals surface area contributed by atoms with Gasteiger partial charge in [0.1, 0.15) is 5.82 Å². The largest absolute Gasteiger partial charge is 0.370 e. The second kappa shape index (κ2) is 2.90. The van der Waals surface area contributed by atoms with E-state index in [0.717, 1.165) is 18.8 Å². The van der Waals surface area contributed by atoms with E-state index >= 15 is 0 Å². The molecule has 12 heavy (non-hydrogen) atoms. The molecule has 1 atom stereocenters. The van der Waals surface area contributed by atoms with Crippen LogP contribution >= 0.6 is 10.5 Å². The molecule has 1 aliphatic rings. The van der Waals surface area contributed by atoms with Gasteiger partial charge in [-0.05, 0) is 24.3 Å². The van der Waals surface area contributed by atoms with Crippen LogP contribution in [-0.4, -0.2) is 23.7 Å². The molecule has 0 radical (unpaired) electrons. The minimum atomic E-state index is 0.0884. The fourth-order valence-electron chi connectivity index (χ4n) is 1.34. The summed E-state index contributed by atoms with van der Waals surface area (Å²) >= 11 is 0. The van der Waals surface area contributed by atoms with Crippen molar-refractivity contribution >= 4 is 22.2 Å². The van der Waals surface area contributed by atoms with Crippen LogP contribution in [0.2, 0.25) is 0 Å². The molecule has 0 fully saturated rings. The lowest BCUT2D eigenvalue weighted by Gasteiger charge is -2.02. The van der Waals surface area contributed by atoms with Gasteiger partial charge in [0.05, 0.1) is 0 Å². The van der Waals surface area contributed by atoms with Gasteiger partial charge in [0.2, 0.25) is 0 Å². The Labute approximate surface area is 74.9 Å². The van der Waals surface area contributed by atoms with E-state index in [0.29, 0.717) is 0 Å². The standard InChI is InChI=1S/C9H12N2S/c1-12(2)8-5-7-3-4-10-9(7)11-6-8/h5-6H,1,3-4H2,2H3,(H,10,11). The van der Waals surface area contributed by atoms with Crippen molar-refractivity contribution in [2.45, 2.75) is 11.3 Å². The molecule has 1 N–H and O–H groups in total. The van der Waals surface area contributed by atoms with Crippen molar-refractivity contribution in [3.63, 3.8) is 0 Å². The predicted molar refractivity (Wildman–Crippen MR) is 55.3 cm³/mol. The Morgan fingerprint density at radius 3 is 3.25 bits per heavy atom. The Morgan fingerprint density at radius 2 is 2.50 bits per heavy atom. The van der Waals surface area contributed by atoms with Crippen molar-refractivity contribution in [2.24, 2.45) is 0 Å². The highest BCUT2D eigenvalue weighted by molar-refractivity contribution is 8.13. The van der Waals surface area contributed by atoms with Gasteiger partial charge in [-0.15, -0.1) is 0 Å². The van der Waals surface area contributed by atoms with Crippen LogP contribution in [0.1, 0.15) is 5.56 Å². The molecule has 0 aliphatic carbocycles. The van der Waals surface area contributed by atoms with E-state index in [-0.39, 0.29) is 10.5 Å². The first-order valence-electron chi connectivity index (χ1n) is 3.96. The molecule has 3 heteroatoms. The summed E-state index contributed by atoms with van der Waals surface area (Å²) in [6, 6.07) is 2.22. The predicted octanol–water partition coefficient (Wildman–Crippen LogP) is 1.74. The van der Waals surface area contributed by atoms with Gasteiger partial charge in [0, 0.05) is 17.6 Å². The number of rotatable bonds is 1. The maximum atomic E-state index is 4.34. The van der Waals surface area contributed by atoms with Gasteiger partial charge in [-0.1, -0.05) is 5.87 Å². The van der Waals surface area contributed by atoms with Crippen molar-refractivity contribution in [1.82, 2.24) is 4.98 Å². The van der Waals surface area contributed by atoms with Crippen molar-refractivity contribution in [3.8, 4) is 0 Å². The smallest absolute Gasteiger partial charge is 0.129 e. The van der Waals surface area contributed by atoms with Crippen molar-refractivity contribution < 1.29 is 0 Å². The molecule has 1 aromatic heterocycles. The number of nitrogens with zero attached hydrogens (tertiary/aromatic N) is 1. The number of hydrogen-bond donors (Lipinski definition) is 1. The molecule has 1 unspecified atom stereocenters. The maximum Gasteiger partial charge on any atom is 0.129 e. The monoisotopic (exact) mass is 180 g/mol. The molecule has 2 nitrogen and oxygen atoms in total. The summed E-state index contributed by atoms with van der Waals surface area (Å²) in [7, 11) is 0.0884. The molecule has 1 aromatic rings. The lowest BCUT2D eigenvalue weighted by molar-refractivity contribution is 1.10. The zero-order chi connectivity index (χ0) is 8.55. The fraction of sp³-hybridized carbons (Fsp3) is 0.333. The highest BCUT2D eigenvalue weighted by Crippen LogP contribution is 2.26. The van der Waals surface area contributed by atoms with Gasteiger partial charge in [-0.25, -0.2) is 4.98 Å². The van der Waals surface area contributed by atoms with Gasteiger partial charge >= 0.3 is 0 Å². The summed E-state index contributed by atoms with van der Waals surface area (Å²) in [5.41, 5.74) is 1.34. The van der Waals surface area contributed by atoms with Crippen molar-refractivity contribution in [3.05, 3.63) is 17.8 Å². The Hall–Kier alpha value is -0.830. The van der Waals surface area contributed by atoms with E-state index in [1.165, 1.54) is 10.5 Å². The summed E-state index contributed by atoms with van der Waals surface area (Å²) in [4.78, 5) is 5.60. The Kier molecular flexibility index (Phi) is 1.89. The summed E-state index contributed by atoms with van der Waals surface area (Å²) < 4.78 is 0. The van der Waals surface area contributed by atoms with E-state index in [2.05, 4.69) is 28.5 Å². The average Bonchev–Trinajstić information content (AvgIpc) is 2.49. The lowest BCUT2D eigenvalue weighted by atomic mass is 10.2. The Balaban J connectivity index is 2.45. The zero-order valence-corrected chi connectivity index (χ0v) is 7.95. The quantitative estimate of drug-likeness (QED) is 0.666.